The van der Waals surface area contributed by atoms with Gasteiger partial charge in [0.2, 0.25) is 0 Å². The van der Waals surface area contributed by atoms with Crippen molar-refractivity contribution in [2.45, 2.75) is 18.4 Å². The predicted octanol–water partition coefficient (Wildman–Crippen LogP) is 3.25. The second-order valence-corrected chi connectivity index (χ2v) is 5.47. The molecule has 1 saturated carbocycles. The summed E-state index contributed by atoms with van der Waals surface area (Å²) in [5, 5.41) is 3.56. The molecule has 1 aliphatic rings. The highest BCUT2D eigenvalue weighted by atomic mass is 35.5. The van der Waals surface area contributed by atoms with Crippen molar-refractivity contribution in [2.24, 2.45) is 0 Å². The number of anilines is 2. The van der Waals surface area contributed by atoms with Crippen LogP contribution in [0.3, 0.4) is 0 Å². The number of carbonyl (C=O) groups is 1. The van der Waals surface area contributed by atoms with E-state index in [1.54, 1.807) is 36.5 Å². The van der Waals surface area contributed by atoms with E-state index in [0.29, 0.717) is 28.0 Å². The molecule has 2 aromatic rings. The third-order valence-electron chi connectivity index (χ3n) is 3.33. The van der Waals surface area contributed by atoms with Gasteiger partial charge >= 0.3 is 0 Å². The minimum Gasteiger partial charge on any atom is -0.457 e. The Kier molecular flexibility index (Phi) is 3.43. The number of rotatable bonds is 5. The van der Waals surface area contributed by atoms with E-state index in [4.69, 9.17) is 22.1 Å². The highest BCUT2D eigenvalue weighted by molar-refractivity contribution is 6.33. The van der Waals surface area contributed by atoms with Gasteiger partial charge in [0.15, 0.2) is 0 Å². The first-order valence-corrected chi connectivity index (χ1v) is 6.91. The summed E-state index contributed by atoms with van der Waals surface area (Å²) < 4.78 is 5.72. The molecule has 0 amide bonds. The number of nitrogen functional groups attached to an aromatic ring is 1. The maximum atomic E-state index is 11.0. The van der Waals surface area contributed by atoms with Gasteiger partial charge in [0.05, 0.1) is 16.2 Å². The number of nitrogens with one attached hydrogen (secondary N) is 1. The Morgan fingerprint density at radius 1 is 1.29 bits per heavy atom. The Bertz CT molecular complexity index is 686. The van der Waals surface area contributed by atoms with Gasteiger partial charge in [-0.1, -0.05) is 11.6 Å². The summed E-state index contributed by atoms with van der Waals surface area (Å²) in [5.41, 5.74) is 5.71. The molecule has 21 heavy (non-hydrogen) atoms. The van der Waals surface area contributed by atoms with Gasteiger partial charge in [0.25, 0.3) is 0 Å². The zero-order valence-electron chi connectivity index (χ0n) is 11.2. The van der Waals surface area contributed by atoms with Crippen molar-refractivity contribution in [3.05, 3.63) is 41.6 Å². The smallest absolute Gasteiger partial charge is 0.145 e. The third kappa shape index (κ3) is 3.08. The third-order valence-corrected chi connectivity index (χ3v) is 3.66. The maximum Gasteiger partial charge on any atom is 0.145 e. The first kappa shape index (κ1) is 13.7. The Labute approximate surface area is 127 Å². The minimum atomic E-state index is -0.448. The summed E-state index contributed by atoms with van der Waals surface area (Å²) in [7, 11) is 0. The normalized spacial score (nSPS) is 15.3. The molecule has 0 saturated heterocycles. The molecule has 5 nitrogen and oxygen atoms in total. The monoisotopic (exact) mass is 303 g/mol. The van der Waals surface area contributed by atoms with Crippen LogP contribution in [0.1, 0.15) is 12.8 Å². The molecule has 1 heterocycles. The molecule has 0 radical (unpaired) electrons. The van der Waals surface area contributed by atoms with Crippen LogP contribution in [0.25, 0.3) is 0 Å². The number of nitrogens with zero attached hydrogens (tertiary/aromatic N) is 1. The quantitative estimate of drug-likeness (QED) is 0.655. The van der Waals surface area contributed by atoms with E-state index < -0.39 is 5.54 Å². The molecular weight excluding hydrogens is 290 g/mol. The zero-order valence-corrected chi connectivity index (χ0v) is 11.9. The average molecular weight is 304 g/mol. The van der Waals surface area contributed by atoms with Crippen molar-refractivity contribution in [2.75, 3.05) is 11.1 Å². The fourth-order valence-corrected chi connectivity index (χ4v) is 2.08. The van der Waals surface area contributed by atoms with Gasteiger partial charge in [0, 0.05) is 18.3 Å². The lowest BCUT2D eigenvalue weighted by molar-refractivity contribution is -0.109. The van der Waals surface area contributed by atoms with Crippen LogP contribution in [-0.2, 0) is 4.79 Å². The molecule has 0 atom stereocenters. The topological polar surface area (TPSA) is 77.2 Å². The van der Waals surface area contributed by atoms with E-state index in [2.05, 4.69) is 10.3 Å². The van der Waals surface area contributed by atoms with Crippen molar-refractivity contribution < 1.29 is 9.53 Å². The largest absolute Gasteiger partial charge is 0.457 e. The van der Waals surface area contributed by atoms with Gasteiger partial charge in [-0.2, -0.15) is 0 Å². The van der Waals surface area contributed by atoms with Crippen LogP contribution < -0.4 is 15.8 Å². The van der Waals surface area contributed by atoms with Crippen molar-refractivity contribution >= 4 is 29.4 Å². The first-order valence-electron chi connectivity index (χ1n) is 6.54. The van der Waals surface area contributed by atoms with Crippen LogP contribution in [0.5, 0.6) is 11.5 Å². The number of carbonyl (C=O) groups excluding carboxylic acids is 1. The van der Waals surface area contributed by atoms with E-state index in [1.807, 2.05) is 0 Å². The van der Waals surface area contributed by atoms with E-state index in [-0.39, 0.29) is 0 Å². The van der Waals surface area contributed by atoms with Crippen LogP contribution in [0.4, 0.5) is 11.5 Å². The number of halogens is 1. The van der Waals surface area contributed by atoms with Crippen LogP contribution in [0.15, 0.2) is 36.5 Å². The Morgan fingerprint density at radius 2 is 2.05 bits per heavy atom. The summed E-state index contributed by atoms with van der Waals surface area (Å²) in [5.74, 6) is 1.80. The first-order chi connectivity index (χ1) is 10.1. The van der Waals surface area contributed by atoms with E-state index in [9.17, 15) is 4.79 Å². The number of aldehydes is 1. The molecule has 0 unspecified atom stereocenters. The summed E-state index contributed by atoms with van der Waals surface area (Å²) in [4.78, 5) is 15.2. The summed E-state index contributed by atoms with van der Waals surface area (Å²) >= 11 is 5.96. The van der Waals surface area contributed by atoms with Crippen LogP contribution in [0.2, 0.25) is 5.02 Å². The summed E-state index contributed by atoms with van der Waals surface area (Å²) in [6.07, 6.45) is 4.22. The predicted molar refractivity (Wildman–Crippen MR) is 81.8 cm³/mol. The number of aromatic nitrogens is 1. The molecular formula is C15H14ClN3O2. The van der Waals surface area contributed by atoms with Crippen LogP contribution >= 0.6 is 11.6 Å². The SMILES string of the molecule is Nc1ccc(Oc2ccnc(NC3(C=O)CC3)c2)cc1Cl. The van der Waals surface area contributed by atoms with Gasteiger partial charge in [-0.05, 0) is 31.0 Å². The molecule has 0 bridgehead atoms. The van der Waals surface area contributed by atoms with Gasteiger partial charge in [-0.15, -0.1) is 0 Å². The second kappa shape index (κ2) is 5.26. The maximum absolute atomic E-state index is 11.0. The van der Waals surface area contributed by atoms with Gasteiger partial charge in [-0.25, -0.2) is 4.98 Å². The van der Waals surface area contributed by atoms with Crippen molar-refractivity contribution in [1.82, 2.24) is 4.98 Å². The molecule has 108 valence electrons. The molecule has 6 heteroatoms. The number of pyridine rings is 1. The number of hydrogen-bond donors (Lipinski definition) is 2. The molecule has 1 aliphatic carbocycles. The minimum absolute atomic E-state index is 0.442. The zero-order chi connectivity index (χ0) is 14.9. The van der Waals surface area contributed by atoms with Crippen molar-refractivity contribution in [3.8, 4) is 11.5 Å². The lowest BCUT2D eigenvalue weighted by Gasteiger charge is -2.12. The summed E-state index contributed by atoms with van der Waals surface area (Å²) in [6, 6.07) is 8.55. The van der Waals surface area contributed by atoms with Crippen molar-refractivity contribution in [3.63, 3.8) is 0 Å². The molecule has 1 aromatic carbocycles. The fourth-order valence-electron chi connectivity index (χ4n) is 1.91. The highest BCUT2D eigenvalue weighted by Crippen LogP contribution is 2.37. The number of benzene rings is 1. The molecule has 0 aliphatic heterocycles. The second-order valence-electron chi connectivity index (χ2n) is 5.06. The Morgan fingerprint density at radius 3 is 2.71 bits per heavy atom. The van der Waals surface area contributed by atoms with E-state index in [0.717, 1.165) is 19.1 Å². The Balaban J connectivity index is 1.76. The van der Waals surface area contributed by atoms with E-state index in [1.165, 1.54) is 0 Å². The summed E-state index contributed by atoms with van der Waals surface area (Å²) in [6.45, 7) is 0. The molecule has 1 aromatic heterocycles. The fraction of sp³-hybridized carbons (Fsp3) is 0.200. The highest BCUT2D eigenvalue weighted by Gasteiger charge is 2.42. The standard InChI is InChI=1S/C15H14ClN3O2/c16-12-7-10(1-2-13(12)17)21-11-3-6-18-14(8-11)19-15(9-20)4-5-15/h1-3,6-9H,4-5,17H2,(H,18,19). The lowest BCUT2D eigenvalue weighted by atomic mass is 10.3. The molecule has 3 rings (SSSR count). The van der Waals surface area contributed by atoms with E-state index >= 15 is 0 Å². The van der Waals surface area contributed by atoms with Crippen molar-refractivity contribution in [1.29, 1.82) is 0 Å². The lowest BCUT2D eigenvalue weighted by Crippen LogP contribution is -2.23. The number of hydrogen-bond acceptors (Lipinski definition) is 5. The molecule has 1 fully saturated rings. The van der Waals surface area contributed by atoms with Gasteiger partial charge in [-0.3, -0.25) is 0 Å². The van der Waals surface area contributed by atoms with Crippen LogP contribution in [-0.4, -0.2) is 16.8 Å². The van der Waals surface area contributed by atoms with Crippen LogP contribution in [0, 0.1) is 0 Å². The molecule has 3 N–H and O–H groups in total. The van der Waals surface area contributed by atoms with Gasteiger partial charge < -0.3 is 20.6 Å². The number of nitrogens with two attached hydrogens (primary N) is 1. The average Bonchev–Trinajstić information content (AvgIpc) is 3.24. The van der Waals surface area contributed by atoms with Gasteiger partial charge in [0.1, 0.15) is 23.6 Å². The number of ether oxygens (including phenoxy) is 1. The molecule has 0 spiro atoms. The Hall–Kier alpha value is -2.27.